The van der Waals surface area contributed by atoms with Crippen molar-refractivity contribution in [3.63, 3.8) is 0 Å². The highest BCUT2D eigenvalue weighted by Gasteiger charge is 2.33. The molecule has 1 aromatic heterocycles. The molecule has 0 saturated carbocycles. The van der Waals surface area contributed by atoms with Crippen LogP contribution in [0.4, 0.5) is 18.9 Å². The van der Waals surface area contributed by atoms with E-state index in [1.807, 2.05) is 0 Å². The van der Waals surface area contributed by atoms with E-state index >= 15 is 0 Å². The third kappa shape index (κ3) is 2.32. The number of aliphatic imine (C=N–C) groups is 1. The minimum absolute atomic E-state index is 0.193. The molecule has 2 rings (SSSR count). The average molecular weight is 271 g/mol. The van der Waals surface area contributed by atoms with Crippen LogP contribution in [0.2, 0.25) is 0 Å². The summed E-state index contributed by atoms with van der Waals surface area (Å²) >= 11 is 4.38. The first-order valence-corrected chi connectivity index (χ1v) is 5.05. The van der Waals surface area contributed by atoms with Gasteiger partial charge in [0, 0.05) is 17.5 Å². The van der Waals surface area contributed by atoms with Gasteiger partial charge in [-0.2, -0.15) is 18.2 Å². The van der Waals surface area contributed by atoms with Crippen molar-refractivity contribution < 1.29 is 17.6 Å². The van der Waals surface area contributed by atoms with Crippen molar-refractivity contribution in [2.24, 2.45) is 4.99 Å². The maximum absolute atomic E-state index is 12.7. The van der Waals surface area contributed by atoms with E-state index in [4.69, 9.17) is 4.42 Å². The predicted molar refractivity (Wildman–Crippen MR) is 62.2 cm³/mol. The number of nitrogens with zero attached hydrogens (tertiary/aromatic N) is 1. The van der Waals surface area contributed by atoms with E-state index < -0.39 is 17.4 Å². The summed E-state index contributed by atoms with van der Waals surface area (Å²) in [6.07, 6.45) is -4.62. The number of halogens is 3. The van der Waals surface area contributed by atoms with Gasteiger partial charge in [0.1, 0.15) is 5.58 Å². The Balaban J connectivity index is 2.83. The molecular weight excluding hydrogens is 267 g/mol. The molecule has 7 heteroatoms. The van der Waals surface area contributed by atoms with E-state index in [9.17, 15) is 18.0 Å². The summed E-state index contributed by atoms with van der Waals surface area (Å²) in [5, 5.41) is 1.87. The average Bonchev–Trinajstić information content (AvgIpc) is 2.26. The van der Waals surface area contributed by atoms with Crippen LogP contribution in [-0.2, 0) is 6.18 Å². The first-order chi connectivity index (χ1) is 8.41. The lowest BCUT2D eigenvalue weighted by atomic mass is 10.1. The lowest BCUT2D eigenvalue weighted by molar-refractivity contribution is -0.136. The largest absolute Gasteiger partial charge is 0.423 e. The van der Waals surface area contributed by atoms with Crippen molar-refractivity contribution in [2.45, 2.75) is 6.18 Å². The number of fused-ring (bicyclic) bond motifs is 1. The van der Waals surface area contributed by atoms with E-state index in [1.165, 1.54) is 18.2 Å². The van der Waals surface area contributed by atoms with Gasteiger partial charge in [0.25, 0.3) is 0 Å². The first-order valence-electron chi connectivity index (χ1n) is 4.65. The molecule has 18 heavy (non-hydrogen) atoms. The molecule has 0 amide bonds. The van der Waals surface area contributed by atoms with E-state index in [-0.39, 0.29) is 16.7 Å². The fourth-order valence-corrected chi connectivity index (χ4v) is 1.61. The topological polar surface area (TPSA) is 42.6 Å². The maximum Gasteiger partial charge on any atom is 0.417 e. The second kappa shape index (κ2) is 4.36. The van der Waals surface area contributed by atoms with Gasteiger partial charge in [-0.25, -0.2) is 4.79 Å². The molecule has 3 nitrogen and oxygen atoms in total. The molecule has 0 bridgehead atoms. The molecule has 0 N–H and O–H groups in total. The highest BCUT2D eigenvalue weighted by Crippen LogP contribution is 2.34. The molecule has 0 aliphatic heterocycles. The van der Waals surface area contributed by atoms with Crippen molar-refractivity contribution in [1.82, 2.24) is 0 Å². The summed E-state index contributed by atoms with van der Waals surface area (Å²) in [5.41, 5.74) is -2.04. The number of benzene rings is 1. The van der Waals surface area contributed by atoms with Gasteiger partial charge in [0.15, 0.2) is 0 Å². The molecule has 2 aromatic rings. The molecule has 0 saturated heterocycles. The van der Waals surface area contributed by atoms with Gasteiger partial charge in [-0.3, -0.25) is 0 Å². The first kappa shape index (κ1) is 12.5. The van der Waals surface area contributed by atoms with E-state index in [0.29, 0.717) is 6.07 Å². The summed E-state index contributed by atoms with van der Waals surface area (Å²) in [5.74, 6) is 0. The number of isothiocyanates is 1. The van der Waals surface area contributed by atoms with Gasteiger partial charge >= 0.3 is 11.8 Å². The van der Waals surface area contributed by atoms with Gasteiger partial charge in [0.2, 0.25) is 0 Å². The lowest BCUT2D eigenvalue weighted by Gasteiger charge is -2.08. The van der Waals surface area contributed by atoms with Crippen LogP contribution in [0.3, 0.4) is 0 Å². The second-order valence-corrected chi connectivity index (χ2v) is 3.54. The Bertz CT molecular complexity index is 714. The quantitative estimate of drug-likeness (QED) is 0.452. The SMILES string of the molecule is O=c1cc(C(F)(F)F)c2ccc(N=C=S)cc2o1. The fourth-order valence-electron chi connectivity index (χ4n) is 1.51. The zero-order valence-electron chi connectivity index (χ0n) is 8.62. The minimum atomic E-state index is -4.62. The number of alkyl halides is 3. The molecule has 0 spiro atoms. The Kier molecular flexibility index (Phi) is 3.02. The van der Waals surface area contributed by atoms with E-state index in [0.717, 1.165) is 0 Å². The van der Waals surface area contributed by atoms with Crippen LogP contribution in [0, 0.1) is 0 Å². The summed E-state index contributed by atoms with van der Waals surface area (Å²) in [7, 11) is 0. The Morgan fingerprint density at radius 2 is 2.00 bits per heavy atom. The molecule has 0 fully saturated rings. The Morgan fingerprint density at radius 3 is 2.61 bits per heavy atom. The highest BCUT2D eigenvalue weighted by molar-refractivity contribution is 7.78. The van der Waals surface area contributed by atoms with Crippen molar-refractivity contribution >= 4 is 34.0 Å². The van der Waals surface area contributed by atoms with Crippen LogP contribution in [0.15, 0.2) is 38.5 Å². The smallest absolute Gasteiger partial charge is 0.417 e. The molecule has 0 radical (unpaired) electrons. The zero-order chi connectivity index (χ0) is 13.3. The number of hydrogen-bond donors (Lipinski definition) is 0. The third-order valence-electron chi connectivity index (χ3n) is 2.21. The van der Waals surface area contributed by atoms with Crippen molar-refractivity contribution in [3.8, 4) is 0 Å². The molecule has 0 aliphatic carbocycles. The molecule has 0 atom stereocenters. The molecule has 0 unspecified atom stereocenters. The van der Waals surface area contributed by atoms with E-state index in [1.54, 1.807) is 0 Å². The molecule has 0 aliphatic rings. The summed E-state index contributed by atoms with van der Waals surface area (Å²) in [6, 6.07) is 4.12. The summed E-state index contributed by atoms with van der Waals surface area (Å²) < 4.78 is 42.8. The van der Waals surface area contributed by atoms with Crippen molar-refractivity contribution in [3.05, 3.63) is 40.2 Å². The molecular formula is C11H4F3NO2S. The molecule has 1 heterocycles. The van der Waals surface area contributed by atoms with Gasteiger partial charge < -0.3 is 4.42 Å². The fraction of sp³-hybridized carbons (Fsp3) is 0.0909. The van der Waals surface area contributed by atoms with Crippen molar-refractivity contribution in [2.75, 3.05) is 0 Å². The zero-order valence-corrected chi connectivity index (χ0v) is 9.43. The van der Waals surface area contributed by atoms with Crippen LogP contribution in [-0.4, -0.2) is 5.16 Å². The Labute approximate surface area is 104 Å². The van der Waals surface area contributed by atoms with Crippen LogP contribution in [0.25, 0.3) is 11.0 Å². The maximum atomic E-state index is 12.7. The van der Waals surface area contributed by atoms with E-state index in [2.05, 4.69) is 22.4 Å². The van der Waals surface area contributed by atoms with Crippen LogP contribution in [0.1, 0.15) is 5.56 Å². The van der Waals surface area contributed by atoms with Gasteiger partial charge in [-0.1, -0.05) is 0 Å². The molecule has 92 valence electrons. The summed E-state index contributed by atoms with van der Waals surface area (Å²) in [6.45, 7) is 0. The van der Waals surface area contributed by atoms with Gasteiger partial charge in [0.05, 0.1) is 16.4 Å². The minimum Gasteiger partial charge on any atom is -0.423 e. The van der Waals surface area contributed by atoms with Gasteiger partial charge in [-0.05, 0) is 24.4 Å². The van der Waals surface area contributed by atoms with Crippen molar-refractivity contribution in [1.29, 1.82) is 0 Å². The molecule has 1 aromatic carbocycles. The van der Waals surface area contributed by atoms with Crippen LogP contribution >= 0.6 is 12.2 Å². The third-order valence-corrected chi connectivity index (χ3v) is 2.30. The Hall–Kier alpha value is -1.98. The second-order valence-electron chi connectivity index (χ2n) is 3.36. The highest BCUT2D eigenvalue weighted by atomic mass is 32.1. The van der Waals surface area contributed by atoms with Crippen LogP contribution < -0.4 is 5.63 Å². The number of thiocarbonyl (C=S) groups is 1. The predicted octanol–water partition coefficient (Wildman–Crippen LogP) is 3.55. The number of rotatable bonds is 1. The summed E-state index contributed by atoms with van der Waals surface area (Å²) in [4.78, 5) is 14.7. The number of hydrogen-bond acceptors (Lipinski definition) is 4. The Morgan fingerprint density at radius 1 is 1.28 bits per heavy atom. The lowest BCUT2D eigenvalue weighted by Crippen LogP contribution is -2.10. The monoisotopic (exact) mass is 271 g/mol. The van der Waals surface area contributed by atoms with Crippen LogP contribution in [0.5, 0.6) is 0 Å². The standard InChI is InChI=1S/C11H4F3NO2S/c12-11(13,14)8-4-10(16)17-9-3-6(15-5-18)1-2-7(8)9/h1-4H. The van der Waals surface area contributed by atoms with Gasteiger partial charge in [-0.15, -0.1) is 0 Å². The normalized spacial score (nSPS) is 11.3.